The quantitative estimate of drug-likeness (QED) is 0.177. The van der Waals surface area contributed by atoms with Crippen molar-refractivity contribution in [3.05, 3.63) is 128 Å². The molecule has 0 saturated carbocycles. The molecule has 0 bridgehead atoms. The van der Waals surface area contributed by atoms with Crippen LogP contribution < -0.4 is 9.47 Å². The zero-order valence-electron chi connectivity index (χ0n) is 19.0. The Kier molecular flexibility index (Phi) is 6.11. The Labute approximate surface area is 225 Å². The van der Waals surface area contributed by atoms with Gasteiger partial charge in [0.15, 0.2) is 0 Å². The van der Waals surface area contributed by atoms with Crippen molar-refractivity contribution < 1.29 is 14.3 Å². The van der Waals surface area contributed by atoms with E-state index in [4.69, 9.17) is 14.6 Å². The maximum Gasteiger partial charge on any atom is 0.343 e. The number of fused-ring (bicyclic) bond motifs is 3. The van der Waals surface area contributed by atoms with Crippen molar-refractivity contribution in [1.29, 1.82) is 0 Å². The molecule has 36 heavy (non-hydrogen) atoms. The van der Waals surface area contributed by atoms with Crippen LogP contribution in [0.15, 0.2) is 111 Å². The number of hydrogen-bond donors (Lipinski definition) is 0. The van der Waals surface area contributed by atoms with Gasteiger partial charge in [0.25, 0.3) is 0 Å². The number of para-hydroxylation sites is 1. The Balaban J connectivity index is 1.28. The highest BCUT2D eigenvalue weighted by molar-refractivity contribution is 9.10. The molecule has 0 aliphatic carbocycles. The molecule has 7 heteroatoms. The number of carbonyl (C=O) groups is 1. The molecule has 5 nitrogen and oxygen atoms in total. The topological polar surface area (TPSA) is 51.1 Å². The molecule has 2 aliphatic heterocycles. The van der Waals surface area contributed by atoms with Crippen LogP contribution in [0.4, 0.5) is 0 Å². The van der Waals surface area contributed by atoms with Gasteiger partial charge in [-0.2, -0.15) is 5.10 Å². The average Bonchev–Trinajstić information content (AvgIpc) is 3.35. The Hall–Kier alpha value is -3.42. The van der Waals surface area contributed by atoms with Gasteiger partial charge in [0.2, 0.25) is 6.23 Å². The van der Waals surface area contributed by atoms with E-state index >= 15 is 0 Å². The minimum atomic E-state index is -0.401. The Bertz CT molecular complexity index is 1450. The molecular weight excluding hydrogens is 584 g/mol. The first-order chi connectivity index (χ1) is 17.5. The summed E-state index contributed by atoms with van der Waals surface area (Å²) in [5, 5.41) is 7.05. The van der Waals surface area contributed by atoms with E-state index < -0.39 is 12.2 Å². The van der Waals surface area contributed by atoms with Crippen molar-refractivity contribution >= 4 is 43.5 Å². The van der Waals surface area contributed by atoms with E-state index in [1.165, 1.54) is 0 Å². The summed E-state index contributed by atoms with van der Waals surface area (Å²) in [6, 6.07) is 30.9. The summed E-state index contributed by atoms with van der Waals surface area (Å²) in [4.78, 5) is 12.5. The highest BCUT2D eigenvalue weighted by Gasteiger charge is 2.40. The molecule has 178 valence electrons. The lowest BCUT2D eigenvalue weighted by atomic mass is 9.96. The highest BCUT2D eigenvalue weighted by Crippen LogP contribution is 2.47. The van der Waals surface area contributed by atoms with Crippen molar-refractivity contribution in [2.24, 2.45) is 5.10 Å². The van der Waals surface area contributed by atoms with E-state index in [1.54, 1.807) is 24.3 Å². The molecule has 0 fully saturated rings. The first-order valence-corrected chi connectivity index (χ1v) is 13.1. The number of hydrazone groups is 1. The molecule has 6 rings (SSSR count). The number of nitrogens with zero attached hydrogens (tertiary/aromatic N) is 2. The normalized spacial score (nSPS) is 18.1. The van der Waals surface area contributed by atoms with Crippen molar-refractivity contribution in [2.45, 2.75) is 18.7 Å². The number of ether oxygens (including phenoxy) is 2. The molecule has 0 radical (unpaired) electrons. The number of rotatable bonds is 4. The minimum absolute atomic E-state index is 0.0773. The van der Waals surface area contributed by atoms with Gasteiger partial charge in [0.1, 0.15) is 11.5 Å². The number of carbonyl (C=O) groups excluding carboxylic acids is 1. The monoisotopic (exact) mass is 602 g/mol. The molecule has 2 aliphatic rings. The number of halogens is 2. The van der Waals surface area contributed by atoms with Crippen molar-refractivity contribution in [3.8, 4) is 11.5 Å². The summed E-state index contributed by atoms with van der Waals surface area (Å²) in [7, 11) is 0. The zero-order valence-corrected chi connectivity index (χ0v) is 22.1. The van der Waals surface area contributed by atoms with Crippen LogP contribution in [0.25, 0.3) is 0 Å². The lowest BCUT2D eigenvalue weighted by Crippen LogP contribution is -2.33. The second kappa shape index (κ2) is 9.56. The Morgan fingerprint density at radius 1 is 0.861 bits per heavy atom. The summed E-state index contributed by atoms with van der Waals surface area (Å²) < 4.78 is 13.9. The van der Waals surface area contributed by atoms with Gasteiger partial charge in [0.05, 0.1) is 17.3 Å². The largest absolute Gasteiger partial charge is 0.464 e. The molecule has 0 N–H and O–H groups in total. The van der Waals surface area contributed by atoms with Gasteiger partial charge in [0, 0.05) is 26.5 Å². The fraction of sp³-hybridized carbons (Fsp3) is 0.103. The third-order valence-corrected chi connectivity index (χ3v) is 7.39. The summed E-state index contributed by atoms with van der Waals surface area (Å²) in [5.74, 6) is 0.933. The van der Waals surface area contributed by atoms with Gasteiger partial charge >= 0.3 is 5.97 Å². The number of esters is 1. The molecule has 2 atom stereocenters. The highest BCUT2D eigenvalue weighted by atomic mass is 79.9. The average molecular weight is 604 g/mol. The van der Waals surface area contributed by atoms with E-state index in [0.29, 0.717) is 11.3 Å². The molecule has 4 aromatic rings. The van der Waals surface area contributed by atoms with Gasteiger partial charge in [-0.05, 0) is 72.3 Å². The molecule has 4 aromatic carbocycles. The van der Waals surface area contributed by atoms with Gasteiger partial charge in [-0.3, -0.25) is 0 Å². The van der Waals surface area contributed by atoms with E-state index in [9.17, 15) is 4.79 Å². The van der Waals surface area contributed by atoms with Crippen LogP contribution in [-0.4, -0.2) is 16.7 Å². The zero-order chi connectivity index (χ0) is 24.6. The van der Waals surface area contributed by atoms with Gasteiger partial charge in [-0.1, -0.05) is 62.2 Å². The maximum absolute atomic E-state index is 12.5. The van der Waals surface area contributed by atoms with Crippen molar-refractivity contribution in [1.82, 2.24) is 5.01 Å². The van der Waals surface area contributed by atoms with Gasteiger partial charge in [-0.15, -0.1) is 0 Å². The van der Waals surface area contributed by atoms with Crippen LogP contribution in [-0.2, 0) is 0 Å². The van der Waals surface area contributed by atoms with Crippen molar-refractivity contribution in [2.75, 3.05) is 0 Å². The van der Waals surface area contributed by atoms with Crippen LogP contribution in [0.1, 0.15) is 45.7 Å². The first-order valence-electron chi connectivity index (χ1n) is 11.5. The van der Waals surface area contributed by atoms with E-state index in [1.807, 2.05) is 59.6 Å². The summed E-state index contributed by atoms with van der Waals surface area (Å²) in [6.45, 7) is 0. The second-order valence-electron chi connectivity index (χ2n) is 8.63. The maximum atomic E-state index is 12.5. The third kappa shape index (κ3) is 4.45. The molecular formula is C29H20Br2N2O3. The minimum Gasteiger partial charge on any atom is -0.464 e. The Morgan fingerprint density at radius 3 is 2.25 bits per heavy atom. The van der Waals surface area contributed by atoms with E-state index in [-0.39, 0.29) is 6.04 Å². The van der Waals surface area contributed by atoms with Crippen LogP contribution in [0.3, 0.4) is 0 Å². The van der Waals surface area contributed by atoms with E-state index in [2.05, 4.69) is 50.1 Å². The third-order valence-electron chi connectivity index (χ3n) is 6.33. The molecule has 0 spiro atoms. The first kappa shape index (κ1) is 23.0. The van der Waals surface area contributed by atoms with Gasteiger partial charge < -0.3 is 9.47 Å². The fourth-order valence-electron chi connectivity index (χ4n) is 4.52. The summed E-state index contributed by atoms with van der Waals surface area (Å²) in [6.07, 6.45) is 0.399. The molecule has 2 unspecified atom stereocenters. The predicted molar refractivity (Wildman–Crippen MR) is 145 cm³/mol. The molecule has 0 aromatic heterocycles. The fourth-order valence-corrected chi connectivity index (χ4v) is 5.05. The van der Waals surface area contributed by atoms with Crippen LogP contribution >= 0.6 is 31.9 Å². The molecule has 0 saturated heterocycles. The van der Waals surface area contributed by atoms with Gasteiger partial charge in [-0.25, -0.2) is 9.80 Å². The predicted octanol–water partition coefficient (Wildman–Crippen LogP) is 7.67. The van der Waals surface area contributed by atoms with Crippen LogP contribution in [0.5, 0.6) is 11.5 Å². The van der Waals surface area contributed by atoms with Crippen molar-refractivity contribution in [3.63, 3.8) is 0 Å². The molecule has 0 amide bonds. The summed E-state index contributed by atoms with van der Waals surface area (Å²) in [5.41, 5.74) is 4.67. The number of hydrogen-bond acceptors (Lipinski definition) is 5. The second-order valence-corrected chi connectivity index (χ2v) is 10.5. The van der Waals surface area contributed by atoms with E-state index in [0.717, 1.165) is 43.5 Å². The van der Waals surface area contributed by atoms with Crippen LogP contribution in [0.2, 0.25) is 0 Å². The smallest absolute Gasteiger partial charge is 0.343 e. The lowest BCUT2D eigenvalue weighted by molar-refractivity contribution is -0.0190. The lowest BCUT2D eigenvalue weighted by Gasteiger charge is -2.38. The number of benzene rings is 4. The molecule has 2 heterocycles. The van der Waals surface area contributed by atoms with Crippen LogP contribution in [0, 0.1) is 0 Å². The SMILES string of the molecule is O=C(Oc1ccc(C2Oc3ccccc3C3CC(c4ccc(Br)cc4)=NN32)cc1)c1ccc(Br)cc1. The standard InChI is InChI=1S/C29H20Br2N2O3/c30-21-11-5-18(6-12-21)25-17-26-24-3-1-2-4-27(24)36-28(33(26)32-25)19-9-15-23(16-10-19)35-29(34)20-7-13-22(31)14-8-20/h1-16,26,28H,17H2. The summed E-state index contributed by atoms with van der Waals surface area (Å²) >= 11 is 6.89. The Morgan fingerprint density at radius 2 is 1.53 bits per heavy atom.